The molecule has 3 saturated carbocycles. The van der Waals surface area contributed by atoms with Gasteiger partial charge >= 0.3 is 0 Å². The lowest BCUT2D eigenvalue weighted by Gasteiger charge is -2.53. The molecule has 3 aliphatic carbocycles. The molecule has 3 rings (SSSR count). The molecule has 3 fully saturated rings. The predicted molar refractivity (Wildman–Crippen MR) is 54.3 cm³/mol. The van der Waals surface area contributed by atoms with Crippen molar-refractivity contribution in [3.8, 4) is 0 Å². The van der Waals surface area contributed by atoms with Gasteiger partial charge in [-0.15, -0.1) is 0 Å². The molecule has 5 atom stereocenters. The molecule has 2 N–H and O–H groups in total. The van der Waals surface area contributed by atoms with E-state index in [0.717, 1.165) is 17.8 Å². The van der Waals surface area contributed by atoms with Crippen LogP contribution in [0.15, 0.2) is 0 Å². The van der Waals surface area contributed by atoms with Crippen molar-refractivity contribution in [2.75, 3.05) is 0 Å². The highest BCUT2D eigenvalue weighted by molar-refractivity contribution is 5.04. The van der Waals surface area contributed by atoms with Crippen molar-refractivity contribution >= 4 is 0 Å². The van der Waals surface area contributed by atoms with Gasteiger partial charge in [0.15, 0.2) is 0 Å². The van der Waals surface area contributed by atoms with Crippen molar-refractivity contribution in [3.63, 3.8) is 0 Å². The van der Waals surface area contributed by atoms with Crippen LogP contribution in [0.3, 0.4) is 0 Å². The van der Waals surface area contributed by atoms with Crippen LogP contribution in [0.4, 0.5) is 0 Å². The van der Waals surface area contributed by atoms with Gasteiger partial charge in [0.05, 0.1) is 0 Å². The summed E-state index contributed by atoms with van der Waals surface area (Å²) in [5, 5.41) is 0. The van der Waals surface area contributed by atoms with Crippen LogP contribution in [0.25, 0.3) is 0 Å². The van der Waals surface area contributed by atoms with Gasteiger partial charge in [-0.3, -0.25) is 0 Å². The first-order valence-corrected chi connectivity index (χ1v) is 5.95. The first-order valence-electron chi connectivity index (χ1n) is 5.95. The van der Waals surface area contributed by atoms with Crippen LogP contribution < -0.4 is 5.73 Å². The number of fused-ring (bicyclic) bond motifs is 2. The van der Waals surface area contributed by atoms with E-state index < -0.39 is 0 Å². The smallest absolute Gasteiger partial charge is 0.00776 e. The fourth-order valence-corrected chi connectivity index (χ4v) is 3.96. The van der Waals surface area contributed by atoms with E-state index in [0.29, 0.717) is 11.5 Å². The summed E-state index contributed by atoms with van der Waals surface area (Å²) in [7, 11) is 0. The number of hydrogen-bond acceptors (Lipinski definition) is 1. The lowest BCUT2D eigenvalue weighted by atomic mass is 9.54. The Bertz CT molecular complexity index is 225. The van der Waals surface area contributed by atoms with Crippen LogP contribution in [0.2, 0.25) is 0 Å². The maximum Gasteiger partial charge on any atom is 0.00776 e. The molecule has 74 valence electrons. The molecule has 0 aliphatic heterocycles. The average molecular weight is 179 g/mol. The minimum Gasteiger partial charge on any atom is -0.327 e. The molecular formula is C12H21N. The number of nitrogens with two attached hydrogens (primary N) is 1. The molecule has 1 nitrogen and oxygen atoms in total. The van der Waals surface area contributed by atoms with Gasteiger partial charge in [0.25, 0.3) is 0 Å². The van der Waals surface area contributed by atoms with E-state index in [-0.39, 0.29) is 0 Å². The number of hydrogen-bond donors (Lipinski definition) is 1. The Morgan fingerprint density at radius 2 is 1.92 bits per heavy atom. The van der Waals surface area contributed by atoms with Crippen molar-refractivity contribution in [1.82, 2.24) is 0 Å². The molecular weight excluding hydrogens is 158 g/mol. The summed E-state index contributed by atoms with van der Waals surface area (Å²) < 4.78 is 0. The van der Waals surface area contributed by atoms with E-state index in [9.17, 15) is 0 Å². The Labute approximate surface area is 81.1 Å². The van der Waals surface area contributed by atoms with Gasteiger partial charge in [-0.1, -0.05) is 6.92 Å². The zero-order valence-corrected chi connectivity index (χ0v) is 8.63. The highest BCUT2D eigenvalue weighted by Gasteiger charge is 2.51. The van der Waals surface area contributed by atoms with Gasteiger partial charge in [0.1, 0.15) is 0 Å². The molecule has 0 saturated heterocycles. The molecule has 5 unspecified atom stereocenters. The quantitative estimate of drug-likeness (QED) is 0.607. The molecule has 0 bridgehead atoms. The Balaban J connectivity index is 1.73. The van der Waals surface area contributed by atoms with Gasteiger partial charge in [-0.25, -0.2) is 0 Å². The zero-order valence-electron chi connectivity index (χ0n) is 8.63. The Morgan fingerprint density at radius 1 is 1.15 bits per heavy atom. The molecule has 0 aromatic rings. The standard InChI is InChI=1S/C12H21N/c1-12-5-4-9-6-8(9)2-3-10(12)11(13)7-12/h8-11H,2-7,13H2,1H3. The maximum absolute atomic E-state index is 6.10. The third kappa shape index (κ3) is 1.16. The summed E-state index contributed by atoms with van der Waals surface area (Å²) >= 11 is 0. The minimum absolute atomic E-state index is 0.542. The Hall–Kier alpha value is -0.0400. The average Bonchev–Trinajstić information content (AvgIpc) is 2.78. The van der Waals surface area contributed by atoms with E-state index in [1.807, 2.05) is 0 Å². The van der Waals surface area contributed by atoms with Crippen LogP contribution >= 0.6 is 0 Å². The Kier molecular flexibility index (Phi) is 1.59. The maximum atomic E-state index is 6.10. The van der Waals surface area contributed by atoms with Crippen molar-refractivity contribution in [2.24, 2.45) is 28.9 Å². The zero-order chi connectivity index (χ0) is 9.05. The summed E-state index contributed by atoms with van der Waals surface area (Å²) in [4.78, 5) is 0. The molecule has 3 aliphatic rings. The molecule has 0 radical (unpaired) electrons. The van der Waals surface area contributed by atoms with E-state index in [1.54, 1.807) is 0 Å². The second kappa shape index (κ2) is 2.50. The second-order valence-corrected chi connectivity index (χ2v) is 6.00. The number of rotatable bonds is 0. The van der Waals surface area contributed by atoms with Crippen LogP contribution in [-0.4, -0.2) is 6.04 Å². The molecule has 0 amide bonds. The highest BCUT2D eigenvalue weighted by atomic mass is 14.8. The van der Waals surface area contributed by atoms with E-state index >= 15 is 0 Å². The van der Waals surface area contributed by atoms with Gasteiger partial charge < -0.3 is 5.73 Å². The van der Waals surface area contributed by atoms with Gasteiger partial charge in [0, 0.05) is 6.04 Å². The molecule has 0 heterocycles. The van der Waals surface area contributed by atoms with Crippen molar-refractivity contribution in [3.05, 3.63) is 0 Å². The summed E-state index contributed by atoms with van der Waals surface area (Å²) in [6.45, 7) is 2.48. The lowest BCUT2D eigenvalue weighted by molar-refractivity contribution is -0.00367. The van der Waals surface area contributed by atoms with Crippen molar-refractivity contribution in [2.45, 2.75) is 51.5 Å². The fraction of sp³-hybridized carbons (Fsp3) is 1.00. The summed E-state index contributed by atoms with van der Waals surface area (Å²) in [6.07, 6.45) is 8.72. The normalized spacial score (nSPS) is 59.5. The minimum atomic E-state index is 0.542. The van der Waals surface area contributed by atoms with Gasteiger partial charge in [-0.05, 0) is 61.7 Å². The van der Waals surface area contributed by atoms with Crippen molar-refractivity contribution in [1.29, 1.82) is 0 Å². The first-order chi connectivity index (χ1) is 6.19. The van der Waals surface area contributed by atoms with Gasteiger partial charge in [-0.2, -0.15) is 0 Å². The van der Waals surface area contributed by atoms with Gasteiger partial charge in [0.2, 0.25) is 0 Å². The molecule has 13 heavy (non-hydrogen) atoms. The van der Waals surface area contributed by atoms with Crippen LogP contribution in [0.5, 0.6) is 0 Å². The van der Waals surface area contributed by atoms with E-state index in [4.69, 9.17) is 5.73 Å². The lowest BCUT2D eigenvalue weighted by Crippen LogP contribution is -2.54. The third-order valence-electron chi connectivity index (χ3n) is 5.12. The summed E-state index contributed by atoms with van der Waals surface area (Å²) in [5.41, 5.74) is 6.74. The van der Waals surface area contributed by atoms with E-state index in [1.165, 1.54) is 38.5 Å². The molecule has 1 heteroatoms. The molecule has 0 spiro atoms. The van der Waals surface area contributed by atoms with Crippen LogP contribution in [0, 0.1) is 23.2 Å². The molecule has 0 aromatic heterocycles. The summed E-state index contributed by atoms with van der Waals surface area (Å²) in [5.74, 6) is 3.10. The SMILES string of the molecule is CC12CCC3CC3CCC1C(N)C2. The predicted octanol–water partition coefficient (Wildman–Crippen LogP) is 2.55. The largest absolute Gasteiger partial charge is 0.327 e. The van der Waals surface area contributed by atoms with E-state index in [2.05, 4.69) is 6.92 Å². The summed E-state index contributed by atoms with van der Waals surface area (Å²) in [6, 6.07) is 0.542. The third-order valence-corrected chi connectivity index (χ3v) is 5.12. The topological polar surface area (TPSA) is 26.0 Å². The second-order valence-electron chi connectivity index (χ2n) is 6.00. The Morgan fingerprint density at radius 3 is 2.69 bits per heavy atom. The van der Waals surface area contributed by atoms with Crippen LogP contribution in [-0.2, 0) is 0 Å². The monoisotopic (exact) mass is 179 g/mol. The first kappa shape index (κ1) is 8.28. The highest BCUT2D eigenvalue weighted by Crippen LogP contribution is 2.58. The van der Waals surface area contributed by atoms with Crippen molar-refractivity contribution < 1.29 is 0 Å². The molecule has 0 aromatic carbocycles. The van der Waals surface area contributed by atoms with Crippen LogP contribution in [0.1, 0.15) is 45.4 Å². The fourth-order valence-electron chi connectivity index (χ4n) is 3.96.